The van der Waals surface area contributed by atoms with Crippen LogP contribution in [-0.4, -0.2) is 21.6 Å². The number of nitro benzene ring substituents is 1. The van der Waals surface area contributed by atoms with Gasteiger partial charge in [-0.3, -0.25) is 10.1 Å². The summed E-state index contributed by atoms with van der Waals surface area (Å²) in [5.74, 6) is 0.596. The number of rotatable bonds is 5. The average Bonchev–Trinajstić information content (AvgIpc) is 3.10. The molecule has 0 bridgehead atoms. The SMILES string of the molecule is COc1ccc([N+](=O)[O-])cc1C(c1ccccc1)n1ccnc1. The van der Waals surface area contributed by atoms with Crippen molar-refractivity contribution in [3.63, 3.8) is 0 Å². The van der Waals surface area contributed by atoms with Crippen molar-refractivity contribution in [2.24, 2.45) is 0 Å². The third-order valence-electron chi connectivity index (χ3n) is 3.66. The Morgan fingerprint density at radius 2 is 2.00 bits per heavy atom. The van der Waals surface area contributed by atoms with Crippen molar-refractivity contribution in [3.05, 3.63) is 88.5 Å². The number of imidazole rings is 1. The van der Waals surface area contributed by atoms with E-state index in [2.05, 4.69) is 4.98 Å². The maximum absolute atomic E-state index is 11.1. The van der Waals surface area contributed by atoms with Crippen LogP contribution < -0.4 is 4.74 Å². The van der Waals surface area contributed by atoms with Crippen LogP contribution >= 0.6 is 0 Å². The number of hydrogen-bond donors (Lipinski definition) is 0. The van der Waals surface area contributed by atoms with Gasteiger partial charge in [-0.15, -0.1) is 0 Å². The van der Waals surface area contributed by atoms with E-state index in [4.69, 9.17) is 4.74 Å². The molecule has 0 aliphatic heterocycles. The van der Waals surface area contributed by atoms with Gasteiger partial charge < -0.3 is 9.30 Å². The van der Waals surface area contributed by atoms with Gasteiger partial charge >= 0.3 is 0 Å². The van der Waals surface area contributed by atoms with Crippen molar-refractivity contribution in [3.8, 4) is 5.75 Å². The first-order chi connectivity index (χ1) is 11.2. The Morgan fingerprint density at radius 1 is 1.22 bits per heavy atom. The molecule has 1 atom stereocenters. The Labute approximate surface area is 133 Å². The molecule has 3 rings (SSSR count). The molecule has 0 aliphatic rings. The Balaban J connectivity index is 2.21. The van der Waals surface area contributed by atoms with Crippen LogP contribution in [0.5, 0.6) is 5.75 Å². The lowest BCUT2D eigenvalue weighted by Gasteiger charge is -2.21. The van der Waals surface area contributed by atoms with E-state index >= 15 is 0 Å². The van der Waals surface area contributed by atoms with Crippen LogP contribution in [0.2, 0.25) is 0 Å². The smallest absolute Gasteiger partial charge is 0.270 e. The highest BCUT2D eigenvalue weighted by atomic mass is 16.6. The first kappa shape index (κ1) is 14.8. The number of nitro groups is 1. The summed E-state index contributed by atoms with van der Waals surface area (Å²) in [6.07, 6.45) is 5.20. The highest BCUT2D eigenvalue weighted by molar-refractivity contribution is 5.49. The molecule has 0 aliphatic carbocycles. The van der Waals surface area contributed by atoms with E-state index < -0.39 is 4.92 Å². The molecule has 1 heterocycles. The third-order valence-corrected chi connectivity index (χ3v) is 3.66. The maximum atomic E-state index is 11.1. The van der Waals surface area contributed by atoms with E-state index in [1.165, 1.54) is 6.07 Å². The monoisotopic (exact) mass is 309 g/mol. The average molecular weight is 309 g/mol. The summed E-state index contributed by atoms with van der Waals surface area (Å²) < 4.78 is 7.32. The topological polar surface area (TPSA) is 70.2 Å². The highest BCUT2D eigenvalue weighted by Crippen LogP contribution is 2.35. The van der Waals surface area contributed by atoms with E-state index in [1.807, 2.05) is 41.1 Å². The molecule has 0 saturated carbocycles. The zero-order valence-corrected chi connectivity index (χ0v) is 12.5. The van der Waals surface area contributed by atoms with Crippen molar-refractivity contribution in [2.45, 2.75) is 6.04 Å². The van der Waals surface area contributed by atoms with Gasteiger partial charge in [-0.05, 0) is 11.6 Å². The summed E-state index contributed by atoms with van der Waals surface area (Å²) in [6.45, 7) is 0. The van der Waals surface area contributed by atoms with E-state index in [0.717, 1.165) is 5.56 Å². The second kappa shape index (κ2) is 6.31. The number of benzene rings is 2. The Bertz CT molecular complexity index is 801. The molecule has 0 N–H and O–H groups in total. The fourth-order valence-electron chi connectivity index (χ4n) is 2.62. The largest absolute Gasteiger partial charge is 0.496 e. The Morgan fingerprint density at radius 3 is 2.61 bits per heavy atom. The van der Waals surface area contributed by atoms with Crippen LogP contribution in [0.1, 0.15) is 17.2 Å². The van der Waals surface area contributed by atoms with E-state index in [1.54, 1.807) is 31.8 Å². The van der Waals surface area contributed by atoms with Crippen LogP contribution in [0.15, 0.2) is 67.3 Å². The summed E-state index contributed by atoms with van der Waals surface area (Å²) in [5.41, 5.74) is 1.73. The molecular formula is C17H15N3O3. The first-order valence-corrected chi connectivity index (χ1v) is 7.05. The number of hydrogen-bond acceptors (Lipinski definition) is 4. The van der Waals surface area contributed by atoms with Crippen LogP contribution in [0.3, 0.4) is 0 Å². The molecular weight excluding hydrogens is 294 g/mol. The van der Waals surface area contributed by atoms with Crippen molar-refractivity contribution in [1.82, 2.24) is 9.55 Å². The van der Waals surface area contributed by atoms with Gasteiger partial charge in [0, 0.05) is 30.1 Å². The van der Waals surface area contributed by atoms with Gasteiger partial charge in [0.15, 0.2) is 0 Å². The summed E-state index contributed by atoms with van der Waals surface area (Å²) in [4.78, 5) is 14.8. The molecule has 6 heteroatoms. The molecule has 0 radical (unpaired) electrons. The molecule has 1 unspecified atom stereocenters. The third kappa shape index (κ3) is 2.91. The van der Waals surface area contributed by atoms with Crippen molar-refractivity contribution in [1.29, 1.82) is 0 Å². The van der Waals surface area contributed by atoms with Gasteiger partial charge in [-0.1, -0.05) is 30.3 Å². The molecule has 6 nitrogen and oxygen atoms in total. The van der Waals surface area contributed by atoms with Crippen LogP contribution in [-0.2, 0) is 0 Å². The molecule has 0 saturated heterocycles. The zero-order valence-electron chi connectivity index (χ0n) is 12.5. The molecule has 3 aromatic rings. The van der Waals surface area contributed by atoms with Crippen LogP contribution in [0, 0.1) is 10.1 Å². The molecule has 0 spiro atoms. The predicted molar refractivity (Wildman–Crippen MR) is 85.6 cm³/mol. The van der Waals surface area contributed by atoms with Gasteiger partial charge in [-0.2, -0.15) is 0 Å². The summed E-state index contributed by atoms with van der Waals surface area (Å²) in [6, 6.07) is 14.1. The van der Waals surface area contributed by atoms with Crippen molar-refractivity contribution in [2.75, 3.05) is 7.11 Å². The molecule has 2 aromatic carbocycles. The van der Waals surface area contributed by atoms with Crippen LogP contribution in [0.25, 0.3) is 0 Å². The minimum absolute atomic E-state index is 0.0295. The predicted octanol–water partition coefficient (Wildman–Crippen LogP) is 3.44. The normalized spacial score (nSPS) is 11.9. The van der Waals surface area contributed by atoms with Gasteiger partial charge in [0.25, 0.3) is 5.69 Å². The van der Waals surface area contributed by atoms with E-state index in [-0.39, 0.29) is 11.7 Å². The summed E-state index contributed by atoms with van der Waals surface area (Å²) >= 11 is 0. The van der Waals surface area contributed by atoms with E-state index in [9.17, 15) is 10.1 Å². The van der Waals surface area contributed by atoms with Crippen molar-refractivity contribution < 1.29 is 9.66 Å². The molecule has 0 fully saturated rings. The van der Waals surface area contributed by atoms with Crippen molar-refractivity contribution >= 4 is 5.69 Å². The van der Waals surface area contributed by atoms with Gasteiger partial charge in [0.1, 0.15) is 5.75 Å². The lowest BCUT2D eigenvalue weighted by atomic mass is 9.97. The van der Waals surface area contributed by atoms with Gasteiger partial charge in [0.2, 0.25) is 0 Å². The molecule has 1 aromatic heterocycles. The minimum atomic E-state index is -0.404. The lowest BCUT2D eigenvalue weighted by molar-refractivity contribution is -0.384. The number of ether oxygens (including phenoxy) is 1. The van der Waals surface area contributed by atoms with Crippen LogP contribution in [0.4, 0.5) is 5.69 Å². The van der Waals surface area contributed by atoms with Gasteiger partial charge in [0.05, 0.1) is 24.4 Å². The Hall–Kier alpha value is -3.15. The summed E-state index contributed by atoms with van der Waals surface area (Å²) in [7, 11) is 1.56. The fourth-order valence-corrected chi connectivity index (χ4v) is 2.62. The maximum Gasteiger partial charge on any atom is 0.270 e. The fraction of sp³-hybridized carbons (Fsp3) is 0.118. The highest BCUT2D eigenvalue weighted by Gasteiger charge is 2.22. The van der Waals surface area contributed by atoms with Gasteiger partial charge in [-0.25, -0.2) is 4.98 Å². The second-order valence-electron chi connectivity index (χ2n) is 5.01. The zero-order chi connectivity index (χ0) is 16.2. The summed E-state index contributed by atoms with van der Waals surface area (Å²) in [5, 5.41) is 11.1. The minimum Gasteiger partial charge on any atom is -0.496 e. The number of non-ortho nitro benzene ring substituents is 1. The number of aromatic nitrogens is 2. The quantitative estimate of drug-likeness (QED) is 0.535. The molecule has 23 heavy (non-hydrogen) atoms. The lowest BCUT2D eigenvalue weighted by Crippen LogP contribution is -2.12. The number of methoxy groups -OCH3 is 1. The molecule has 116 valence electrons. The molecule has 0 amide bonds. The Kier molecular flexibility index (Phi) is 4.05. The number of nitrogens with zero attached hydrogens (tertiary/aromatic N) is 3. The van der Waals surface area contributed by atoms with E-state index in [0.29, 0.717) is 11.3 Å². The standard InChI is InChI=1S/C17H15N3O3/c1-23-16-8-7-14(20(21)22)11-15(16)17(19-10-9-18-12-19)13-5-3-2-4-6-13/h2-12,17H,1H3. The first-order valence-electron chi connectivity index (χ1n) is 7.05. The second-order valence-corrected chi connectivity index (χ2v) is 5.01.